The molecule has 21 heavy (non-hydrogen) atoms. The highest BCUT2D eigenvalue weighted by Crippen LogP contribution is 2.32. The van der Waals surface area contributed by atoms with Gasteiger partial charge in [-0.05, 0) is 31.1 Å². The Morgan fingerprint density at radius 1 is 1.33 bits per heavy atom. The third kappa shape index (κ3) is 4.43. The standard InChI is InChI=1S/C17H32N2O2/c1-4-7-15-17(20)19(10-11-21-12-13(2)3)16(18-15)14-8-5-6-9-14/h13-16,18H,4-12H2,1-3H3. The van der Waals surface area contributed by atoms with Crippen LogP contribution in [-0.2, 0) is 9.53 Å². The van der Waals surface area contributed by atoms with Crippen molar-refractivity contribution in [1.29, 1.82) is 0 Å². The van der Waals surface area contributed by atoms with Crippen molar-refractivity contribution in [2.24, 2.45) is 11.8 Å². The molecule has 2 atom stereocenters. The molecule has 1 saturated carbocycles. The topological polar surface area (TPSA) is 41.6 Å². The van der Waals surface area contributed by atoms with Crippen LogP contribution in [0.25, 0.3) is 0 Å². The van der Waals surface area contributed by atoms with E-state index in [4.69, 9.17) is 4.74 Å². The van der Waals surface area contributed by atoms with Crippen LogP contribution in [0.1, 0.15) is 59.3 Å². The summed E-state index contributed by atoms with van der Waals surface area (Å²) in [5.74, 6) is 1.48. The molecule has 1 amide bonds. The van der Waals surface area contributed by atoms with Crippen LogP contribution >= 0.6 is 0 Å². The number of carbonyl (C=O) groups excluding carboxylic acids is 1. The second-order valence-electron chi connectivity index (χ2n) is 7.00. The molecule has 2 unspecified atom stereocenters. The van der Waals surface area contributed by atoms with Gasteiger partial charge in [-0.3, -0.25) is 10.1 Å². The SMILES string of the molecule is CCCC1NC(C2CCCC2)N(CCOCC(C)C)C1=O. The van der Waals surface area contributed by atoms with Gasteiger partial charge in [0.25, 0.3) is 0 Å². The van der Waals surface area contributed by atoms with Crippen molar-refractivity contribution >= 4 is 5.91 Å². The first-order valence-electron chi connectivity index (χ1n) is 8.77. The number of hydrogen-bond acceptors (Lipinski definition) is 3. The molecule has 4 nitrogen and oxygen atoms in total. The lowest BCUT2D eigenvalue weighted by Crippen LogP contribution is -2.44. The molecule has 4 heteroatoms. The normalized spacial score (nSPS) is 27.2. The molecule has 0 aromatic heterocycles. The molecule has 0 spiro atoms. The molecule has 1 N–H and O–H groups in total. The van der Waals surface area contributed by atoms with Crippen LogP contribution in [0, 0.1) is 11.8 Å². The lowest BCUT2D eigenvalue weighted by Gasteiger charge is -2.29. The first kappa shape index (κ1) is 16.8. The number of nitrogens with one attached hydrogen (secondary N) is 1. The lowest BCUT2D eigenvalue weighted by atomic mass is 10.0. The highest BCUT2D eigenvalue weighted by molar-refractivity contribution is 5.84. The first-order chi connectivity index (χ1) is 10.1. The Labute approximate surface area is 129 Å². The molecular weight excluding hydrogens is 264 g/mol. The van der Waals surface area contributed by atoms with Gasteiger partial charge >= 0.3 is 0 Å². The van der Waals surface area contributed by atoms with Gasteiger partial charge in [-0.15, -0.1) is 0 Å². The van der Waals surface area contributed by atoms with Crippen molar-refractivity contribution in [2.45, 2.75) is 71.5 Å². The molecule has 0 radical (unpaired) electrons. The van der Waals surface area contributed by atoms with Crippen LogP contribution in [0.2, 0.25) is 0 Å². The number of amides is 1. The van der Waals surface area contributed by atoms with E-state index in [1.807, 2.05) is 0 Å². The molecule has 1 aliphatic carbocycles. The van der Waals surface area contributed by atoms with Crippen molar-refractivity contribution in [2.75, 3.05) is 19.8 Å². The van der Waals surface area contributed by atoms with Crippen molar-refractivity contribution in [3.8, 4) is 0 Å². The van der Waals surface area contributed by atoms with Crippen LogP contribution in [0.5, 0.6) is 0 Å². The van der Waals surface area contributed by atoms with Crippen LogP contribution in [0.3, 0.4) is 0 Å². The van der Waals surface area contributed by atoms with E-state index in [-0.39, 0.29) is 12.2 Å². The fourth-order valence-electron chi connectivity index (χ4n) is 3.60. The summed E-state index contributed by atoms with van der Waals surface area (Å²) in [7, 11) is 0. The number of ether oxygens (including phenoxy) is 1. The second-order valence-corrected chi connectivity index (χ2v) is 7.00. The van der Waals surface area contributed by atoms with Crippen LogP contribution in [0.4, 0.5) is 0 Å². The van der Waals surface area contributed by atoms with E-state index in [9.17, 15) is 4.79 Å². The summed E-state index contributed by atoms with van der Waals surface area (Å²) >= 11 is 0. The first-order valence-corrected chi connectivity index (χ1v) is 8.77. The van der Waals surface area contributed by atoms with Crippen LogP contribution < -0.4 is 5.32 Å². The highest BCUT2D eigenvalue weighted by Gasteiger charge is 2.42. The zero-order valence-corrected chi connectivity index (χ0v) is 13.9. The summed E-state index contributed by atoms with van der Waals surface area (Å²) in [6.07, 6.45) is 7.39. The fourth-order valence-corrected chi connectivity index (χ4v) is 3.60. The maximum atomic E-state index is 12.6. The largest absolute Gasteiger partial charge is 0.379 e. The molecule has 2 rings (SSSR count). The Hall–Kier alpha value is -0.610. The summed E-state index contributed by atoms with van der Waals surface area (Å²) in [5.41, 5.74) is 0. The molecule has 0 aromatic rings. The van der Waals surface area contributed by atoms with Crippen molar-refractivity contribution < 1.29 is 9.53 Å². The monoisotopic (exact) mass is 296 g/mol. The third-order valence-electron chi connectivity index (χ3n) is 4.64. The molecule has 122 valence electrons. The average Bonchev–Trinajstić information content (AvgIpc) is 3.05. The van der Waals surface area contributed by atoms with E-state index in [2.05, 4.69) is 31.0 Å². The summed E-state index contributed by atoms with van der Waals surface area (Å²) < 4.78 is 5.69. The summed E-state index contributed by atoms with van der Waals surface area (Å²) in [6, 6.07) is 0.0331. The van der Waals surface area contributed by atoms with E-state index >= 15 is 0 Å². The number of carbonyl (C=O) groups is 1. The predicted molar refractivity (Wildman–Crippen MR) is 84.9 cm³/mol. The van der Waals surface area contributed by atoms with E-state index < -0.39 is 0 Å². The zero-order valence-electron chi connectivity index (χ0n) is 13.9. The minimum Gasteiger partial charge on any atom is -0.379 e. The Bertz CT molecular complexity index is 327. The fraction of sp³-hybridized carbons (Fsp3) is 0.941. The van der Waals surface area contributed by atoms with E-state index in [1.54, 1.807) is 0 Å². The van der Waals surface area contributed by atoms with Gasteiger partial charge in [-0.2, -0.15) is 0 Å². The summed E-state index contributed by atoms with van der Waals surface area (Å²) in [5, 5.41) is 3.60. The van der Waals surface area contributed by atoms with Gasteiger partial charge in [0.05, 0.1) is 18.8 Å². The Morgan fingerprint density at radius 2 is 2.05 bits per heavy atom. The number of nitrogens with zero attached hydrogens (tertiary/aromatic N) is 1. The molecule has 0 aromatic carbocycles. The maximum absolute atomic E-state index is 12.6. The zero-order chi connectivity index (χ0) is 15.2. The predicted octanol–water partition coefficient (Wildman–Crippen LogP) is 2.78. The Morgan fingerprint density at radius 3 is 2.67 bits per heavy atom. The molecule has 1 aliphatic heterocycles. The van der Waals surface area contributed by atoms with Gasteiger partial charge in [-0.25, -0.2) is 0 Å². The number of rotatable bonds is 8. The summed E-state index contributed by atoms with van der Waals surface area (Å²) in [4.78, 5) is 14.7. The van der Waals surface area contributed by atoms with Gasteiger partial charge in [0.15, 0.2) is 0 Å². The Balaban J connectivity index is 1.90. The molecule has 2 aliphatic rings. The van der Waals surface area contributed by atoms with Gasteiger partial charge in [0.2, 0.25) is 5.91 Å². The molecule has 0 bridgehead atoms. The minimum absolute atomic E-state index is 0.0331. The minimum atomic E-state index is 0.0331. The smallest absolute Gasteiger partial charge is 0.241 e. The van der Waals surface area contributed by atoms with E-state index in [0.29, 0.717) is 24.3 Å². The van der Waals surface area contributed by atoms with Crippen molar-refractivity contribution in [3.63, 3.8) is 0 Å². The number of hydrogen-bond donors (Lipinski definition) is 1. The van der Waals surface area contributed by atoms with Gasteiger partial charge < -0.3 is 9.64 Å². The summed E-state index contributed by atoms with van der Waals surface area (Å²) in [6.45, 7) is 8.63. The van der Waals surface area contributed by atoms with Gasteiger partial charge in [-0.1, -0.05) is 40.0 Å². The third-order valence-corrected chi connectivity index (χ3v) is 4.64. The Kier molecular flexibility index (Phi) is 6.49. The molecule has 1 saturated heterocycles. The van der Waals surface area contributed by atoms with Crippen LogP contribution in [0.15, 0.2) is 0 Å². The average molecular weight is 296 g/mol. The quantitative estimate of drug-likeness (QED) is 0.700. The van der Waals surface area contributed by atoms with Crippen molar-refractivity contribution in [3.05, 3.63) is 0 Å². The van der Waals surface area contributed by atoms with E-state index in [0.717, 1.165) is 26.0 Å². The van der Waals surface area contributed by atoms with Gasteiger partial charge in [0.1, 0.15) is 0 Å². The van der Waals surface area contributed by atoms with E-state index in [1.165, 1.54) is 25.7 Å². The van der Waals surface area contributed by atoms with Crippen LogP contribution in [-0.4, -0.2) is 42.8 Å². The van der Waals surface area contributed by atoms with Crippen molar-refractivity contribution in [1.82, 2.24) is 10.2 Å². The molecular formula is C17H32N2O2. The lowest BCUT2D eigenvalue weighted by molar-refractivity contribution is -0.131. The second kappa shape index (κ2) is 8.14. The molecule has 1 heterocycles. The van der Waals surface area contributed by atoms with Gasteiger partial charge in [0, 0.05) is 13.2 Å². The highest BCUT2D eigenvalue weighted by atomic mass is 16.5. The maximum Gasteiger partial charge on any atom is 0.241 e. The molecule has 2 fully saturated rings.